The number of ether oxygens (including phenoxy) is 3. The molecule has 6 aromatic carbocycles. The lowest BCUT2D eigenvalue weighted by Gasteiger charge is -2.16. The van der Waals surface area contributed by atoms with Crippen molar-refractivity contribution >= 4 is 51.0 Å². The summed E-state index contributed by atoms with van der Waals surface area (Å²) in [5.74, 6) is -0.967. The van der Waals surface area contributed by atoms with Crippen molar-refractivity contribution in [2.45, 2.75) is 13.0 Å². The molecule has 1 aliphatic rings. The van der Waals surface area contributed by atoms with Crippen LogP contribution in [0.2, 0.25) is 10.0 Å². The van der Waals surface area contributed by atoms with Crippen LogP contribution < -0.4 is 14.2 Å². The van der Waals surface area contributed by atoms with E-state index in [1.165, 1.54) is 50.6 Å². The topological polar surface area (TPSA) is 131 Å². The van der Waals surface area contributed by atoms with Crippen LogP contribution in [0.5, 0.6) is 17.6 Å². The number of nitriles is 2. The number of nitrogens with zero attached hydrogens (tertiary/aromatic N) is 6. The van der Waals surface area contributed by atoms with Crippen molar-refractivity contribution in [2.24, 2.45) is 0 Å². The molecule has 0 atom stereocenters. The van der Waals surface area contributed by atoms with E-state index in [9.17, 15) is 23.7 Å². The Labute approximate surface area is 424 Å². The van der Waals surface area contributed by atoms with Crippen molar-refractivity contribution in [3.63, 3.8) is 0 Å². The van der Waals surface area contributed by atoms with E-state index in [0.29, 0.717) is 95.1 Å². The van der Waals surface area contributed by atoms with Crippen molar-refractivity contribution in [3.8, 4) is 91.7 Å². The maximum absolute atomic E-state index is 14.5. The molecular formula is C58H32Cl2F3N6O4+. The van der Waals surface area contributed by atoms with Crippen LogP contribution in [0.3, 0.4) is 0 Å². The normalized spacial score (nSPS) is 11.4. The third-order valence-electron chi connectivity index (χ3n) is 12.5. The quantitative estimate of drug-likeness (QED) is 0.139. The number of hydrogen-bond acceptors (Lipinski definition) is 9. The number of aromatic nitrogens is 3. The molecule has 0 amide bonds. The summed E-state index contributed by atoms with van der Waals surface area (Å²) in [5, 5.41) is 22.0. The number of rotatable bonds is 9. The van der Waals surface area contributed by atoms with E-state index in [4.69, 9.17) is 51.8 Å². The van der Waals surface area contributed by atoms with Crippen LogP contribution in [0.1, 0.15) is 33.4 Å². The SMILES string of the molecule is COc1nc(-c2ccc([N+]#Cc3c(OC)nc4c(oc5cc(COc6nc7c(c(-c8ccc(F)cc8)c6C#N)Cc6cccc(Cl)c6-7)ccc54)c3-c3ccc(F)cc3)c(Cl)c2)cc(-c2ccc(F)cc2)c1C#N. The van der Waals surface area contributed by atoms with Crippen LogP contribution in [0.15, 0.2) is 138 Å². The molecule has 0 fully saturated rings. The maximum Gasteiger partial charge on any atom is 0.359 e. The first-order valence-corrected chi connectivity index (χ1v) is 23.1. The van der Waals surface area contributed by atoms with Gasteiger partial charge < -0.3 is 18.6 Å². The number of furan rings is 1. The molecule has 0 N–H and O–H groups in total. The van der Waals surface area contributed by atoms with Gasteiger partial charge in [0.2, 0.25) is 17.6 Å². The highest BCUT2D eigenvalue weighted by Crippen LogP contribution is 2.48. The molecule has 10 nitrogen and oxygen atoms in total. The van der Waals surface area contributed by atoms with Gasteiger partial charge in [-0.2, -0.15) is 10.5 Å². The zero-order valence-electron chi connectivity index (χ0n) is 38.3. The van der Waals surface area contributed by atoms with Gasteiger partial charge >= 0.3 is 11.8 Å². The number of halogens is 5. The summed E-state index contributed by atoms with van der Waals surface area (Å²) in [4.78, 5) is 19.0. The fraction of sp³-hybridized carbons (Fsp3) is 0.0690. The molecule has 4 heterocycles. The fourth-order valence-electron chi connectivity index (χ4n) is 9.12. The molecule has 0 unspecified atom stereocenters. The van der Waals surface area contributed by atoms with E-state index in [-0.39, 0.29) is 46.0 Å². The molecule has 4 aromatic heterocycles. The Bertz CT molecular complexity index is 4070. The van der Waals surface area contributed by atoms with E-state index in [2.05, 4.69) is 28.0 Å². The number of benzene rings is 6. The molecule has 0 saturated carbocycles. The lowest BCUT2D eigenvalue weighted by molar-refractivity contribution is 0.293. The summed E-state index contributed by atoms with van der Waals surface area (Å²) in [6, 6.07) is 43.0. The highest BCUT2D eigenvalue weighted by Gasteiger charge is 2.31. The van der Waals surface area contributed by atoms with Gasteiger partial charge in [0.15, 0.2) is 11.1 Å². The Morgan fingerprint density at radius 1 is 0.630 bits per heavy atom. The molecule has 352 valence electrons. The summed E-state index contributed by atoms with van der Waals surface area (Å²) >= 11 is 13.6. The van der Waals surface area contributed by atoms with Gasteiger partial charge in [0.05, 0.1) is 36.2 Å². The summed E-state index contributed by atoms with van der Waals surface area (Å²) in [6.07, 6.45) is 0.478. The van der Waals surface area contributed by atoms with Crippen LogP contribution in [0, 0.1) is 46.2 Å². The standard InChI is InChI=1S/C58H32Cl2F3N6O4/c1-70-56-42(26-64)40(31-7-14-36(61)15-8-31)25-48(67-56)34-13-21-47(46(60)24-34)66-28-44-51(33-11-18-38(63)19-12-33)55-54(69-57(44)71-2)39-20-6-30(22-49(39)73-55)29-72-58-43(27-65)50(32-9-16-37(62)17-10-32)41-23-35-4-3-5-45(59)52(35)53(41)68-58/h3-22,24-25H,23,29H2,1-2H3/q+1. The molecule has 11 rings (SSSR count). The zero-order valence-corrected chi connectivity index (χ0v) is 39.8. The lowest BCUT2D eigenvalue weighted by Crippen LogP contribution is -2.04. The number of pyridine rings is 3. The molecular weight excluding hydrogens is 973 g/mol. The summed E-state index contributed by atoms with van der Waals surface area (Å²) in [5.41, 5.74) is 10.3. The highest BCUT2D eigenvalue weighted by molar-refractivity contribution is 6.34. The maximum atomic E-state index is 14.5. The Hall–Kier alpha value is -9.19. The molecule has 0 bridgehead atoms. The second-order valence-electron chi connectivity index (χ2n) is 16.8. The van der Waals surface area contributed by atoms with Crippen molar-refractivity contribution in [3.05, 3.63) is 199 Å². The van der Waals surface area contributed by atoms with Gasteiger partial charge in [-0.3, -0.25) is 0 Å². The highest BCUT2D eigenvalue weighted by atomic mass is 35.5. The first-order chi connectivity index (χ1) is 35.5. The monoisotopic (exact) mass is 1000 g/mol. The van der Waals surface area contributed by atoms with Gasteiger partial charge in [-0.15, -0.1) is 0 Å². The minimum Gasteiger partial charge on any atom is -0.480 e. The van der Waals surface area contributed by atoms with E-state index in [1.54, 1.807) is 72.8 Å². The molecule has 0 aliphatic heterocycles. The van der Waals surface area contributed by atoms with E-state index in [1.807, 2.05) is 24.3 Å². The van der Waals surface area contributed by atoms with Gasteiger partial charge in [-0.25, -0.2) is 28.1 Å². The van der Waals surface area contributed by atoms with Crippen LogP contribution in [0.4, 0.5) is 18.9 Å². The predicted octanol–water partition coefficient (Wildman–Crippen LogP) is 15.1. The molecule has 0 radical (unpaired) electrons. The molecule has 10 aromatic rings. The third-order valence-corrected chi connectivity index (χ3v) is 13.1. The van der Waals surface area contributed by atoms with Gasteiger partial charge in [-0.05, 0) is 111 Å². The van der Waals surface area contributed by atoms with E-state index < -0.39 is 17.5 Å². The van der Waals surface area contributed by atoms with Crippen LogP contribution >= 0.6 is 23.2 Å². The average molecular weight is 1000 g/mol. The van der Waals surface area contributed by atoms with Gasteiger partial charge in [-0.1, -0.05) is 77.8 Å². The fourth-order valence-corrected chi connectivity index (χ4v) is 9.63. The second-order valence-corrected chi connectivity index (χ2v) is 17.6. The Morgan fingerprint density at radius 2 is 1.27 bits per heavy atom. The van der Waals surface area contributed by atoms with Crippen LogP contribution in [0.25, 0.3) is 82.8 Å². The average Bonchev–Trinajstić information content (AvgIpc) is 3.97. The van der Waals surface area contributed by atoms with Gasteiger partial charge in [0.25, 0.3) is 0 Å². The second kappa shape index (κ2) is 18.9. The van der Waals surface area contributed by atoms with Crippen LogP contribution in [-0.2, 0) is 13.0 Å². The van der Waals surface area contributed by atoms with Crippen molar-refractivity contribution in [2.75, 3.05) is 14.2 Å². The first kappa shape index (κ1) is 46.2. The molecule has 15 heteroatoms. The Balaban J connectivity index is 0.972. The van der Waals surface area contributed by atoms with Gasteiger partial charge in [0, 0.05) is 40.1 Å². The number of fused-ring (bicyclic) bond motifs is 6. The van der Waals surface area contributed by atoms with Gasteiger partial charge in [0.1, 0.15) is 63.4 Å². The minimum atomic E-state index is -0.449. The summed E-state index contributed by atoms with van der Waals surface area (Å²) in [6.45, 7) is -0.0251. The number of hydrogen-bond donors (Lipinski definition) is 0. The summed E-state index contributed by atoms with van der Waals surface area (Å²) < 4.78 is 66.8. The smallest absolute Gasteiger partial charge is 0.359 e. The zero-order chi connectivity index (χ0) is 50.5. The van der Waals surface area contributed by atoms with Crippen molar-refractivity contribution in [1.82, 2.24) is 15.0 Å². The Morgan fingerprint density at radius 3 is 1.93 bits per heavy atom. The Kier molecular flexibility index (Phi) is 11.9. The molecule has 0 saturated heterocycles. The lowest BCUT2D eigenvalue weighted by atomic mass is 9.94. The summed E-state index contributed by atoms with van der Waals surface area (Å²) in [7, 11) is 2.87. The number of methoxy groups -OCH3 is 2. The van der Waals surface area contributed by atoms with E-state index in [0.717, 1.165) is 16.7 Å². The minimum absolute atomic E-state index is 0.0251. The van der Waals surface area contributed by atoms with Crippen molar-refractivity contribution in [1.29, 1.82) is 10.5 Å². The molecule has 1 aliphatic carbocycles. The van der Waals surface area contributed by atoms with E-state index >= 15 is 0 Å². The van der Waals surface area contributed by atoms with Crippen molar-refractivity contribution < 1.29 is 31.8 Å². The molecule has 0 spiro atoms. The first-order valence-electron chi connectivity index (χ1n) is 22.4. The largest absolute Gasteiger partial charge is 0.480 e. The van der Waals surface area contributed by atoms with Crippen LogP contribution in [-0.4, -0.2) is 29.2 Å². The predicted molar refractivity (Wildman–Crippen MR) is 273 cm³/mol. The molecule has 73 heavy (non-hydrogen) atoms. The third kappa shape index (κ3) is 8.35.